The van der Waals surface area contributed by atoms with Gasteiger partial charge in [0.1, 0.15) is 11.6 Å². The number of rotatable bonds is 2. The zero-order chi connectivity index (χ0) is 12.7. The lowest BCUT2D eigenvalue weighted by Gasteiger charge is -2.10. The van der Waals surface area contributed by atoms with E-state index < -0.39 is 17.7 Å². The zero-order valence-electron chi connectivity index (χ0n) is 9.19. The van der Waals surface area contributed by atoms with Crippen molar-refractivity contribution in [1.29, 1.82) is 0 Å². The number of thiophene rings is 2. The van der Waals surface area contributed by atoms with E-state index >= 15 is 0 Å². The second kappa shape index (κ2) is 4.42. The van der Waals surface area contributed by atoms with Crippen LogP contribution in [0.3, 0.4) is 0 Å². The number of fused-ring (bicyclic) bond motifs is 1. The first-order valence-corrected chi connectivity index (χ1v) is 7.02. The molecule has 0 bridgehead atoms. The van der Waals surface area contributed by atoms with Crippen LogP contribution in [0.5, 0.6) is 0 Å². The molecule has 0 radical (unpaired) electrons. The van der Waals surface area contributed by atoms with Crippen molar-refractivity contribution in [1.82, 2.24) is 0 Å². The van der Waals surface area contributed by atoms with Crippen molar-refractivity contribution in [3.05, 3.63) is 57.8 Å². The molecule has 0 fully saturated rings. The van der Waals surface area contributed by atoms with E-state index in [-0.39, 0.29) is 5.56 Å². The molecule has 1 nitrogen and oxygen atoms in total. The van der Waals surface area contributed by atoms with Gasteiger partial charge in [0.15, 0.2) is 0 Å². The highest BCUT2D eigenvalue weighted by Gasteiger charge is 2.17. The monoisotopic (exact) mass is 281 g/mol. The molecule has 0 amide bonds. The minimum atomic E-state index is -0.620. The Morgan fingerprint density at radius 1 is 1.06 bits per heavy atom. The van der Waals surface area contributed by atoms with Gasteiger partial charge < -0.3 is 5.73 Å². The Bertz CT molecular complexity index is 673. The predicted octanol–water partition coefficient (Wildman–Crippen LogP) is 4.29. The summed E-state index contributed by atoms with van der Waals surface area (Å²) >= 11 is 3.13. The maximum Gasteiger partial charge on any atom is 0.128 e. The van der Waals surface area contributed by atoms with Crippen LogP contribution in [0.15, 0.2) is 35.7 Å². The van der Waals surface area contributed by atoms with E-state index in [0.717, 1.165) is 32.5 Å². The Hall–Kier alpha value is -1.30. The third-order valence-corrected chi connectivity index (χ3v) is 4.93. The Balaban J connectivity index is 2.05. The van der Waals surface area contributed by atoms with E-state index in [1.54, 1.807) is 11.3 Å². The molecule has 5 heteroatoms. The molecule has 3 rings (SSSR count). The fraction of sp³-hybridized carbons (Fsp3) is 0.0769. The molecular weight excluding hydrogens is 272 g/mol. The van der Waals surface area contributed by atoms with Crippen molar-refractivity contribution in [2.75, 3.05) is 0 Å². The Labute approximate surface area is 110 Å². The first kappa shape index (κ1) is 11.8. The number of benzene rings is 1. The molecule has 1 atom stereocenters. The smallest absolute Gasteiger partial charge is 0.128 e. The second-order valence-corrected chi connectivity index (χ2v) is 6.00. The summed E-state index contributed by atoms with van der Waals surface area (Å²) in [6, 6.07) is 6.69. The lowest BCUT2D eigenvalue weighted by molar-refractivity contribution is 0.578. The summed E-state index contributed by atoms with van der Waals surface area (Å²) in [4.78, 5) is 0.848. The lowest BCUT2D eigenvalue weighted by Crippen LogP contribution is -2.12. The third-order valence-electron chi connectivity index (χ3n) is 2.76. The van der Waals surface area contributed by atoms with Gasteiger partial charge in [-0.3, -0.25) is 0 Å². The summed E-state index contributed by atoms with van der Waals surface area (Å²) in [5.74, 6) is -0.944. The summed E-state index contributed by atoms with van der Waals surface area (Å²) in [6.07, 6.45) is 0. The number of halogens is 2. The molecule has 0 aliphatic rings. The topological polar surface area (TPSA) is 26.0 Å². The van der Waals surface area contributed by atoms with Crippen molar-refractivity contribution in [3.63, 3.8) is 0 Å². The quantitative estimate of drug-likeness (QED) is 0.745. The van der Waals surface area contributed by atoms with Crippen molar-refractivity contribution < 1.29 is 8.78 Å². The van der Waals surface area contributed by atoms with Crippen molar-refractivity contribution in [2.45, 2.75) is 6.04 Å². The van der Waals surface area contributed by atoms with Crippen LogP contribution >= 0.6 is 22.7 Å². The largest absolute Gasteiger partial charge is 0.320 e. The van der Waals surface area contributed by atoms with E-state index in [1.165, 1.54) is 11.3 Å². The van der Waals surface area contributed by atoms with Gasteiger partial charge in [-0.05, 0) is 35.7 Å². The van der Waals surface area contributed by atoms with Gasteiger partial charge in [-0.2, -0.15) is 0 Å². The van der Waals surface area contributed by atoms with Crippen LogP contribution in [0.25, 0.3) is 9.40 Å². The van der Waals surface area contributed by atoms with Gasteiger partial charge in [0, 0.05) is 19.8 Å². The standard InChI is InChI=1S/C13H9F2NS2/c14-7-1-2-9(15)8(5-7)13(16)12-6-11-10(18-12)3-4-17-11/h1-6,13H,16H2. The third kappa shape index (κ3) is 1.94. The number of nitrogens with two attached hydrogens (primary N) is 1. The van der Waals surface area contributed by atoms with Gasteiger partial charge in [0.05, 0.1) is 6.04 Å². The zero-order valence-corrected chi connectivity index (χ0v) is 10.8. The normalized spacial score (nSPS) is 13.1. The molecular formula is C13H9F2NS2. The Morgan fingerprint density at radius 2 is 1.89 bits per heavy atom. The molecule has 0 spiro atoms. The first-order chi connectivity index (χ1) is 8.65. The van der Waals surface area contributed by atoms with Crippen molar-refractivity contribution >= 4 is 32.1 Å². The van der Waals surface area contributed by atoms with Gasteiger partial charge in [0.25, 0.3) is 0 Å². The summed E-state index contributed by atoms with van der Waals surface area (Å²) in [7, 11) is 0. The van der Waals surface area contributed by atoms with E-state index in [2.05, 4.69) is 0 Å². The van der Waals surface area contributed by atoms with Gasteiger partial charge in [0.2, 0.25) is 0 Å². The molecule has 0 saturated carbocycles. The highest BCUT2D eigenvalue weighted by molar-refractivity contribution is 7.27. The van der Waals surface area contributed by atoms with Crippen molar-refractivity contribution in [2.24, 2.45) is 5.73 Å². The lowest BCUT2D eigenvalue weighted by atomic mass is 10.1. The second-order valence-electron chi connectivity index (χ2n) is 3.94. The molecule has 0 aliphatic heterocycles. The van der Waals surface area contributed by atoms with Gasteiger partial charge >= 0.3 is 0 Å². The molecule has 2 aromatic heterocycles. The van der Waals surface area contributed by atoms with Crippen LogP contribution in [0.1, 0.15) is 16.5 Å². The van der Waals surface area contributed by atoms with Crippen molar-refractivity contribution in [3.8, 4) is 0 Å². The predicted molar refractivity (Wildman–Crippen MR) is 72.1 cm³/mol. The van der Waals surface area contributed by atoms with Crippen LogP contribution in [0, 0.1) is 11.6 Å². The van der Waals surface area contributed by atoms with E-state index in [1.807, 2.05) is 17.5 Å². The number of hydrogen-bond donors (Lipinski definition) is 1. The molecule has 18 heavy (non-hydrogen) atoms. The van der Waals surface area contributed by atoms with Gasteiger partial charge in [-0.1, -0.05) is 0 Å². The first-order valence-electron chi connectivity index (χ1n) is 5.32. The molecule has 1 unspecified atom stereocenters. The maximum absolute atomic E-state index is 13.6. The molecule has 2 N–H and O–H groups in total. The molecule has 3 aromatic rings. The fourth-order valence-electron chi connectivity index (χ4n) is 1.84. The fourth-order valence-corrected chi connectivity index (χ4v) is 3.98. The molecule has 2 heterocycles. The van der Waals surface area contributed by atoms with Crippen LogP contribution in [-0.4, -0.2) is 0 Å². The Kier molecular flexibility index (Phi) is 2.89. The average molecular weight is 281 g/mol. The summed E-state index contributed by atoms with van der Waals surface area (Å²) < 4.78 is 29.1. The van der Waals surface area contributed by atoms with E-state index in [9.17, 15) is 8.78 Å². The summed E-state index contributed by atoms with van der Waals surface area (Å²) in [5, 5.41) is 2.00. The Morgan fingerprint density at radius 3 is 2.67 bits per heavy atom. The van der Waals surface area contributed by atoms with Crippen LogP contribution in [0.2, 0.25) is 0 Å². The maximum atomic E-state index is 13.6. The molecule has 0 aliphatic carbocycles. The highest BCUT2D eigenvalue weighted by atomic mass is 32.1. The summed E-state index contributed by atoms with van der Waals surface area (Å²) in [5.41, 5.74) is 6.22. The summed E-state index contributed by atoms with van der Waals surface area (Å²) in [6.45, 7) is 0. The van der Waals surface area contributed by atoms with Gasteiger partial charge in [-0.15, -0.1) is 22.7 Å². The van der Waals surface area contributed by atoms with E-state index in [0.29, 0.717) is 0 Å². The van der Waals surface area contributed by atoms with Crippen LogP contribution < -0.4 is 5.73 Å². The molecule has 0 saturated heterocycles. The highest BCUT2D eigenvalue weighted by Crippen LogP contribution is 2.35. The number of hydrogen-bond acceptors (Lipinski definition) is 3. The van der Waals surface area contributed by atoms with Gasteiger partial charge in [-0.25, -0.2) is 8.78 Å². The van der Waals surface area contributed by atoms with E-state index in [4.69, 9.17) is 5.73 Å². The minimum Gasteiger partial charge on any atom is -0.320 e. The molecule has 92 valence electrons. The minimum absolute atomic E-state index is 0.198. The average Bonchev–Trinajstić information content (AvgIpc) is 2.91. The molecule has 1 aromatic carbocycles. The SMILES string of the molecule is NC(c1cc2sccc2s1)c1cc(F)ccc1F. The van der Waals surface area contributed by atoms with Crippen LogP contribution in [0.4, 0.5) is 8.78 Å². The van der Waals surface area contributed by atoms with Crippen LogP contribution in [-0.2, 0) is 0 Å².